The van der Waals surface area contributed by atoms with Crippen molar-refractivity contribution in [1.82, 2.24) is 14.9 Å². The van der Waals surface area contributed by atoms with Crippen molar-refractivity contribution in [2.24, 2.45) is 0 Å². The summed E-state index contributed by atoms with van der Waals surface area (Å²) in [7, 11) is 0. The van der Waals surface area contributed by atoms with Crippen LogP contribution in [0.3, 0.4) is 0 Å². The van der Waals surface area contributed by atoms with E-state index in [-0.39, 0.29) is 24.8 Å². The van der Waals surface area contributed by atoms with Gasteiger partial charge in [0.25, 0.3) is 0 Å². The van der Waals surface area contributed by atoms with Crippen molar-refractivity contribution in [3.8, 4) is 0 Å². The van der Waals surface area contributed by atoms with Crippen molar-refractivity contribution in [2.45, 2.75) is 32.1 Å². The van der Waals surface area contributed by atoms with E-state index in [0.717, 1.165) is 39.1 Å². The molecule has 1 aliphatic heterocycles. The van der Waals surface area contributed by atoms with Gasteiger partial charge in [-0.1, -0.05) is 30.3 Å². The van der Waals surface area contributed by atoms with Gasteiger partial charge in [0.15, 0.2) is 0 Å². The van der Waals surface area contributed by atoms with Crippen molar-refractivity contribution in [3.05, 3.63) is 54.1 Å². The highest BCUT2D eigenvalue weighted by Crippen LogP contribution is 2.17. The Kier molecular flexibility index (Phi) is 8.49. The Morgan fingerprint density at radius 1 is 1.14 bits per heavy atom. The summed E-state index contributed by atoms with van der Waals surface area (Å²) in [4.78, 5) is 9.67. The summed E-state index contributed by atoms with van der Waals surface area (Å²) in [5, 5.41) is 0. The van der Waals surface area contributed by atoms with E-state index in [2.05, 4.69) is 39.1 Å². The molecule has 1 aromatic heterocycles. The molecule has 0 bridgehead atoms. The molecule has 0 saturated carbocycles. The van der Waals surface area contributed by atoms with Crippen LogP contribution in [0.1, 0.15) is 24.1 Å². The Labute approximate surface area is 144 Å². The van der Waals surface area contributed by atoms with Gasteiger partial charge < -0.3 is 9.72 Å². The smallest absolute Gasteiger partial charge is 0.0922 e. The minimum Gasteiger partial charge on any atom is -0.373 e. The van der Waals surface area contributed by atoms with E-state index < -0.39 is 0 Å². The molecule has 0 atom stereocenters. The molecule has 2 heterocycles. The van der Waals surface area contributed by atoms with Gasteiger partial charge in [-0.15, -0.1) is 24.8 Å². The van der Waals surface area contributed by atoms with E-state index in [9.17, 15) is 0 Å². The lowest BCUT2D eigenvalue weighted by Crippen LogP contribution is -2.36. The highest BCUT2D eigenvalue weighted by molar-refractivity contribution is 5.85. The lowest BCUT2D eigenvalue weighted by molar-refractivity contribution is -0.00412. The molecule has 2 aromatic rings. The average Bonchev–Trinajstić information content (AvgIpc) is 3.01. The summed E-state index contributed by atoms with van der Waals surface area (Å²) in [5.74, 6) is 0. The summed E-state index contributed by atoms with van der Waals surface area (Å²) in [6, 6.07) is 10.4. The van der Waals surface area contributed by atoms with Crippen LogP contribution in [-0.4, -0.2) is 34.1 Å². The highest BCUT2D eigenvalue weighted by atomic mass is 35.5. The molecular formula is C16H23Cl2N3O. The Morgan fingerprint density at radius 3 is 2.50 bits per heavy atom. The number of piperidine rings is 1. The standard InChI is InChI=1S/C16H21N3O.2ClH/c1-2-4-14(5-3-1)12-20-16-6-8-19(9-7-16)11-15-10-17-13-18-15;;/h1-5,10,13,16H,6-9,11-12H2,(H,17,18);2*1H. The Balaban J connectivity index is 0.00000121. The molecule has 6 heteroatoms. The SMILES string of the molecule is Cl.Cl.c1ccc(COC2CCN(Cc3cnc[nH]3)CC2)cc1. The molecule has 1 N–H and O–H groups in total. The van der Waals surface area contributed by atoms with Gasteiger partial charge in [-0.05, 0) is 18.4 Å². The largest absolute Gasteiger partial charge is 0.373 e. The first kappa shape index (κ1) is 19.0. The van der Waals surface area contributed by atoms with E-state index in [0.29, 0.717) is 6.10 Å². The van der Waals surface area contributed by atoms with Crippen molar-refractivity contribution in [1.29, 1.82) is 0 Å². The minimum absolute atomic E-state index is 0. The first-order valence-corrected chi connectivity index (χ1v) is 7.25. The van der Waals surface area contributed by atoms with Crippen molar-refractivity contribution >= 4 is 24.8 Å². The third kappa shape index (κ3) is 5.61. The van der Waals surface area contributed by atoms with Crippen LogP contribution < -0.4 is 0 Å². The van der Waals surface area contributed by atoms with Crippen LogP contribution in [0, 0.1) is 0 Å². The Bertz CT molecular complexity index is 499. The van der Waals surface area contributed by atoms with E-state index in [1.165, 1.54) is 11.3 Å². The van der Waals surface area contributed by atoms with Crippen LogP contribution in [0.4, 0.5) is 0 Å². The van der Waals surface area contributed by atoms with Gasteiger partial charge in [-0.3, -0.25) is 4.90 Å². The summed E-state index contributed by atoms with van der Waals surface area (Å²) in [5.41, 5.74) is 2.45. The highest BCUT2D eigenvalue weighted by Gasteiger charge is 2.19. The molecule has 3 rings (SSSR count). The Hall–Kier alpha value is -1.07. The molecule has 1 fully saturated rings. The molecule has 0 amide bonds. The quantitative estimate of drug-likeness (QED) is 0.903. The number of imidazole rings is 1. The second-order valence-electron chi connectivity index (χ2n) is 5.35. The molecule has 22 heavy (non-hydrogen) atoms. The van der Waals surface area contributed by atoms with Gasteiger partial charge in [0.2, 0.25) is 0 Å². The number of aromatic nitrogens is 2. The number of hydrogen-bond acceptors (Lipinski definition) is 3. The first-order valence-electron chi connectivity index (χ1n) is 7.25. The molecular weight excluding hydrogens is 321 g/mol. The topological polar surface area (TPSA) is 41.1 Å². The van der Waals surface area contributed by atoms with E-state index in [4.69, 9.17) is 4.74 Å². The Morgan fingerprint density at radius 2 is 1.86 bits per heavy atom. The number of nitrogens with zero attached hydrogens (tertiary/aromatic N) is 2. The van der Waals surface area contributed by atoms with Gasteiger partial charge in [-0.25, -0.2) is 4.98 Å². The number of halogens is 2. The molecule has 0 aliphatic carbocycles. The van der Waals surface area contributed by atoms with Crippen LogP contribution in [0.25, 0.3) is 0 Å². The second-order valence-corrected chi connectivity index (χ2v) is 5.35. The van der Waals surface area contributed by atoms with Crippen LogP contribution in [0.5, 0.6) is 0 Å². The second kappa shape index (κ2) is 9.85. The predicted molar refractivity (Wildman–Crippen MR) is 92.6 cm³/mol. The monoisotopic (exact) mass is 343 g/mol. The van der Waals surface area contributed by atoms with E-state index >= 15 is 0 Å². The van der Waals surface area contributed by atoms with Crippen molar-refractivity contribution < 1.29 is 4.74 Å². The first-order chi connectivity index (χ1) is 9.90. The van der Waals surface area contributed by atoms with Gasteiger partial charge >= 0.3 is 0 Å². The van der Waals surface area contributed by atoms with E-state index in [1.807, 2.05) is 12.3 Å². The number of likely N-dealkylation sites (tertiary alicyclic amines) is 1. The molecule has 4 nitrogen and oxygen atoms in total. The van der Waals surface area contributed by atoms with Crippen molar-refractivity contribution in [3.63, 3.8) is 0 Å². The summed E-state index contributed by atoms with van der Waals surface area (Å²) < 4.78 is 6.01. The average molecular weight is 344 g/mol. The zero-order chi connectivity index (χ0) is 13.6. The molecule has 0 unspecified atom stereocenters. The van der Waals surface area contributed by atoms with Crippen LogP contribution in [0.15, 0.2) is 42.9 Å². The fourth-order valence-electron chi connectivity index (χ4n) is 2.63. The van der Waals surface area contributed by atoms with Crippen molar-refractivity contribution in [2.75, 3.05) is 13.1 Å². The summed E-state index contributed by atoms with van der Waals surface area (Å²) >= 11 is 0. The molecule has 0 spiro atoms. The summed E-state index contributed by atoms with van der Waals surface area (Å²) in [6.45, 7) is 3.88. The number of hydrogen-bond donors (Lipinski definition) is 1. The third-order valence-corrected chi connectivity index (χ3v) is 3.81. The number of ether oxygens (including phenoxy) is 1. The maximum Gasteiger partial charge on any atom is 0.0922 e. The number of benzene rings is 1. The van der Waals surface area contributed by atoms with Crippen LogP contribution in [-0.2, 0) is 17.9 Å². The zero-order valence-electron chi connectivity index (χ0n) is 12.5. The van der Waals surface area contributed by atoms with Gasteiger partial charge in [0, 0.05) is 31.5 Å². The lowest BCUT2D eigenvalue weighted by atomic mass is 10.1. The number of aromatic amines is 1. The third-order valence-electron chi connectivity index (χ3n) is 3.81. The van der Waals surface area contributed by atoms with Gasteiger partial charge in [-0.2, -0.15) is 0 Å². The molecule has 1 saturated heterocycles. The lowest BCUT2D eigenvalue weighted by Gasteiger charge is -2.31. The normalized spacial score (nSPS) is 15.8. The van der Waals surface area contributed by atoms with Crippen LogP contribution >= 0.6 is 24.8 Å². The summed E-state index contributed by atoms with van der Waals surface area (Å²) in [6.07, 6.45) is 6.26. The maximum absolute atomic E-state index is 6.01. The number of rotatable bonds is 5. The molecule has 1 aromatic carbocycles. The molecule has 122 valence electrons. The predicted octanol–water partition coefficient (Wildman–Crippen LogP) is 3.43. The molecule has 0 radical (unpaired) electrons. The maximum atomic E-state index is 6.01. The number of H-pyrrole nitrogens is 1. The molecule has 1 aliphatic rings. The fraction of sp³-hybridized carbons (Fsp3) is 0.438. The van der Waals surface area contributed by atoms with E-state index in [1.54, 1.807) is 6.33 Å². The fourth-order valence-corrected chi connectivity index (χ4v) is 2.63. The van der Waals surface area contributed by atoms with Crippen LogP contribution in [0.2, 0.25) is 0 Å². The van der Waals surface area contributed by atoms with Gasteiger partial charge in [0.05, 0.1) is 19.0 Å². The van der Waals surface area contributed by atoms with Gasteiger partial charge in [0.1, 0.15) is 0 Å². The minimum atomic E-state index is 0. The number of nitrogens with one attached hydrogen (secondary N) is 1. The zero-order valence-corrected chi connectivity index (χ0v) is 14.1.